The number of benzene rings is 2. The van der Waals surface area contributed by atoms with Gasteiger partial charge in [-0.2, -0.15) is 0 Å². The van der Waals surface area contributed by atoms with Crippen molar-refractivity contribution in [1.82, 2.24) is 10.4 Å². The van der Waals surface area contributed by atoms with E-state index in [-0.39, 0.29) is 0 Å². The summed E-state index contributed by atoms with van der Waals surface area (Å²) in [5.41, 5.74) is 13.7. The molecule has 1 aliphatic heterocycles. The number of aryl methyl sites for hydroxylation is 1. The van der Waals surface area contributed by atoms with E-state index in [9.17, 15) is 9.18 Å². The number of aromatic nitrogens is 1. The first-order valence-electron chi connectivity index (χ1n) is 12.0. The van der Waals surface area contributed by atoms with Gasteiger partial charge in [-0.05, 0) is 77.8 Å². The summed E-state index contributed by atoms with van der Waals surface area (Å²) in [4.78, 5) is 15.6. The molecule has 1 atom stereocenters. The van der Waals surface area contributed by atoms with Gasteiger partial charge in [-0.15, -0.1) is 0 Å². The van der Waals surface area contributed by atoms with Gasteiger partial charge in [0.15, 0.2) is 6.30 Å². The molecule has 0 amide bonds. The lowest BCUT2D eigenvalue weighted by Crippen LogP contribution is -2.16. The number of halogens is 1. The maximum absolute atomic E-state index is 14.6. The highest BCUT2D eigenvalue weighted by Crippen LogP contribution is 2.46. The van der Waals surface area contributed by atoms with E-state index < -0.39 is 12.3 Å². The van der Waals surface area contributed by atoms with E-state index >= 15 is 0 Å². The Morgan fingerprint density at radius 2 is 1.86 bits per heavy atom. The second-order valence-corrected chi connectivity index (χ2v) is 9.13. The molecule has 2 heterocycles. The van der Waals surface area contributed by atoms with Gasteiger partial charge in [0.05, 0.1) is 12.8 Å². The van der Waals surface area contributed by atoms with Crippen molar-refractivity contribution in [3.05, 3.63) is 94.2 Å². The van der Waals surface area contributed by atoms with Gasteiger partial charge in [-0.25, -0.2) is 19.6 Å². The summed E-state index contributed by atoms with van der Waals surface area (Å²) >= 11 is 0. The number of rotatable bonds is 7. The lowest BCUT2D eigenvalue weighted by atomic mass is 9.72. The molecule has 6 nitrogen and oxygen atoms in total. The summed E-state index contributed by atoms with van der Waals surface area (Å²) in [6, 6.07) is 17.6. The third kappa shape index (κ3) is 4.62. The fourth-order valence-electron chi connectivity index (χ4n) is 4.86. The second-order valence-electron chi connectivity index (χ2n) is 9.13. The number of allylic oxidation sites excluding steroid dienone is 1. The van der Waals surface area contributed by atoms with Crippen LogP contribution in [-0.2, 0) is 4.79 Å². The van der Waals surface area contributed by atoms with E-state index in [1.165, 1.54) is 5.57 Å². The summed E-state index contributed by atoms with van der Waals surface area (Å²) in [6.07, 6.45) is 4.71. The Morgan fingerprint density at radius 1 is 1.11 bits per heavy atom. The fraction of sp³-hybridized carbons (Fsp3) is 0.241. The third-order valence-electron chi connectivity index (χ3n) is 6.91. The number of nitrogens with zero attached hydrogens (tertiary/aromatic N) is 1. The highest BCUT2D eigenvalue weighted by molar-refractivity contribution is 6.00. The van der Waals surface area contributed by atoms with E-state index in [0.29, 0.717) is 17.4 Å². The summed E-state index contributed by atoms with van der Waals surface area (Å²) in [6.45, 7) is 1.99. The first kappa shape index (κ1) is 23.8. The van der Waals surface area contributed by atoms with Gasteiger partial charge >= 0.3 is 5.97 Å². The van der Waals surface area contributed by atoms with E-state index in [1.54, 1.807) is 13.2 Å². The van der Waals surface area contributed by atoms with Crippen molar-refractivity contribution >= 4 is 28.9 Å². The number of alkyl halides is 1. The molecule has 5 rings (SSSR count). The molecule has 3 aromatic rings. The summed E-state index contributed by atoms with van der Waals surface area (Å²) in [5, 5.41) is 8.97. The van der Waals surface area contributed by atoms with Crippen molar-refractivity contribution in [1.29, 1.82) is 0 Å². The van der Waals surface area contributed by atoms with Gasteiger partial charge < -0.3 is 15.3 Å². The molecular formula is C29H28FN3O3. The Kier molecular flexibility index (Phi) is 6.57. The standard InChI is InChI=1S/C29H28FN3O3/c1-17-22(12-14-25(31-17)36-2)28(19-4-3-5-19)27(20-9-6-18(7-10-20)8-15-26(34)35)21-11-13-24-23(16-21)29(30)33-32-24/h6-16,19,29,32-33H,3-5H2,1-2H3,(H,34,35)/b15-8+,28-27+. The van der Waals surface area contributed by atoms with Gasteiger partial charge in [0.1, 0.15) is 0 Å². The Morgan fingerprint density at radius 3 is 2.50 bits per heavy atom. The molecule has 0 saturated heterocycles. The lowest BCUT2D eigenvalue weighted by Gasteiger charge is -2.32. The highest BCUT2D eigenvalue weighted by Gasteiger charge is 2.30. The van der Waals surface area contributed by atoms with Gasteiger partial charge in [0.2, 0.25) is 5.88 Å². The molecule has 1 saturated carbocycles. The molecule has 36 heavy (non-hydrogen) atoms. The number of carboxylic acids is 1. The van der Waals surface area contributed by atoms with Crippen molar-refractivity contribution in [2.75, 3.05) is 12.5 Å². The summed E-state index contributed by atoms with van der Waals surface area (Å²) in [5.74, 6) is -0.0722. The molecule has 0 radical (unpaired) electrons. The third-order valence-corrected chi connectivity index (χ3v) is 6.91. The Hall–Kier alpha value is -3.97. The lowest BCUT2D eigenvalue weighted by molar-refractivity contribution is -0.131. The normalized spacial score (nSPS) is 17.8. The van der Waals surface area contributed by atoms with Crippen LogP contribution in [0.25, 0.3) is 17.2 Å². The van der Waals surface area contributed by atoms with E-state index in [1.807, 2.05) is 55.5 Å². The first-order chi connectivity index (χ1) is 17.4. The predicted octanol–water partition coefficient (Wildman–Crippen LogP) is 6.15. The van der Waals surface area contributed by atoms with Crippen LogP contribution in [0.3, 0.4) is 0 Å². The number of methoxy groups -OCH3 is 1. The number of anilines is 1. The first-order valence-corrected chi connectivity index (χ1v) is 12.0. The number of ether oxygens (including phenoxy) is 1. The molecular weight excluding hydrogens is 457 g/mol. The number of hydrogen-bond acceptors (Lipinski definition) is 5. The molecule has 2 aliphatic rings. The zero-order valence-electron chi connectivity index (χ0n) is 20.2. The van der Waals surface area contributed by atoms with Gasteiger partial charge in [0, 0.05) is 29.0 Å². The van der Waals surface area contributed by atoms with Crippen LogP contribution in [0, 0.1) is 12.8 Å². The van der Waals surface area contributed by atoms with E-state index in [4.69, 9.17) is 9.84 Å². The number of aliphatic carboxylic acids is 1. The number of fused-ring (bicyclic) bond motifs is 1. The summed E-state index contributed by atoms with van der Waals surface area (Å²) < 4.78 is 19.9. The second kappa shape index (κ2) is 9.95. The molecule has 184 valence electrons. The van der Waals surface area contributed by atoms with Crippen LogP contribution in [0.2, 0.25) is 0 Å². The minimum atomic E-state index is -1.29. The number of hydrogen-bond donors (Lipinski definition) is 3. The van der Waals surface area contributed by atoms with Crippen LogP contribution in [0.1, 0.15) is 59.1 Å². The number of nitrogens with one attached hydrogen (secondary N) is 2. The minimum Gasteiger partial charge on any atom is -0.481 e. The Bertz CT molecular complexity index is 1360. The van der Waals surface area contributed by atoms with Crippen molar-refractivity contribution < 1.29 is 19.0 Å². The maximum atomic E-state index is 14.6. The average Bonchev–Trinajstić information content (AvgIpc) is 3.22. The fourth-order valence-corrected chi connectivity index (χ4v) is 4.86. The Balaban J connectivity index is 1.73. The van der Waals surface area contributed by atoms with Gasteiger partial charge in [0.25, 0.3) is 0 Å². The summed E-state index contributed by atoms with van der Waals surface area (Å²) in [7, 11) is 1.61. The molecule has 1 unspecified atom stereocenters. The molecule has 1 aliphatic carbocycles. The predicted molar refractivity (Wildman–Crippen MR) is 139 cm³/mol. The molecule has 1 aromatic heterocycles. The minimum absolute atomic E-state index is 0.353. The molecule has 0 bridgehead atoms. The van der Waals surface area contributed by atoms with Crippen molar-refractivity contribution in [3.63, 3.8) is 0 Å². The largest absolute Gasteiger partial charge is 0.481 e. The highest BCUT2D eigenvalue weighted by atomic mass is 19.1. The zero-order chi connectivity index (χ0) is 25.2. The molecule has 0 spiro atoms. The van der Waals surface area contributed by atoms with Crippen LogP contribution in [-0.4, -0.2) is 23.2 Å². The number of carboxylic acid groups (broad SMARTS) is 1. The van der Waals surface area contributed by atoms with Crippen LogP contribution >= 0.6 is 0 Å². The number of hydrazine groups is 1. The van der Waals surface area contributed by atoms with E-state index in [0.717, 1.165) is 64.5 Å². The van der Waals surface area contributed by atoms with Gasteiger partial charge in [-0.1, -0.05) is 36.8 Å². The Labute approximate surface area is 209 Å². The van der Waals surface area contributed by atoms with Crippen molar-refractivity contribution in [2.24, 2.45) is 5.92 Å². The maximum Gasteiger partial charge on any atom is 0.328 e. The van der Waals surface area contributed by atoms with Crippen LogP contribution in [0.15, 0.2) is 60.7 Å². The van der Waals surface area contributed by atoms with Crippen molar-refractivity contribution in [2.45, 2.75) is 32.5 Å². The molecule has 3 N–H and O–H groups in total. The van der Waals surface area contributed by atoms with Crippen molar-refractivity contribution in [3.8, 4) is 5.88 Å². The SMILES string of the molecule is COc1ccc(/C(=C(\c2ccc(/C=C/C(=O)O)cc2)c2ccc3c(c2)C(F)NN3)C2CCC2)c(C)n1. The zero-order valence-corrected chi connectivity index (χ0v) is 20.2. The average molecular weight is 486 g/mol. The monoisotopic (exact) mass is 485 g/mol. The topological polar surface area (TPSA) is 83.5 Å². The number of carbonyl (C=O) groups is 1. The molecule has 2 aromatic carbocycles. The van der Waals surface area contributed by atoms with Crippen LogP contribution in [0.4, 0.5) is 10.1 Å². The number of pyridine rings is 1. The molecule has 1 fully saturated rings. The van der Waals surface area contributed by atoms with E-state index in [2.05, 4.69) is 21.9 Å². The van der Waals surface area contributed by atoms with Crippen LogP contribution in [0.5, 0.6) is 5.88 Å². The molecule has 7 heteroatoms. The quantitative estimate of drug-likeness (QED) is 0.275. The van der Waals surface area contributed by atoms with Crippen LogP contribution < -0.4 is 15.6 Å². The van der Waals surface area contributed by atoms with Gasteiger partial charge in [-0.3, -0.25) is 0 Å². The smallest absolute Gasteiger partial charge is 0.328 e.